The van der Waals surface area contributed by atoms with Crippen LogP contribution in [-0.4, -0.2) is 19.1 Å². The Kier molecular flexibility index (Phi) is 5.30. The first-order valence-electron chi connectivity index (χ1n) is 4.88. The zero-order chi connectivity index (χ0) is 12.8. The highest BCUT2D eigenvalue weighted by molar-refractivity contribution is 9.10. The maximum Gasteiger partial charge on any atom is 0.312 e. The van der Waals surface area contributed by atoms with Gasteiger partial charge in [-0.3, -0.25) is 0 Å². The number of primary amides is 1. The molecule has 0 aromatic heterocycles. The highest BCUT2D eigenvalue weighted by Gasteiger charge is 2.11. The molecule has 7 heteroatoms. The lowest BCUT2D eigenvalue weighted by molar-refractivity contribution is 0.249. The van der Waals surface area contributed by atoms with E-state index in [-0.39, 0.29) is 16.6 Å². The average Bonchev–Trinajstić information content (AvgIpc) is 2.27. The number of hydrogen-bond donors (Lipinski definition) is 3. The monoisotopic (exact) mass is 307 g/mol. The van der Waals surface area contributed by atoms with Gasteiger partial charge in [0.25, 0.3) is 0 Å². The summed E-state index contributed by atoms with van der Waals surface area (Å²) in [5.74, 6) is -1.23. The highest BCUT2D eigenvalue weighted by Crippen LogP contribution is 2.21. The average molecular weight is 308 g/mol. The molecule has 0 fully saturated rings. The second-order valence-electron chi connectivity index (χ2n) is 3.29. The third-order valence-corrected chi connectivity index (χ3v) is 2.65. The van der Waals surface area contributed by atoms with Crippen molar-refractivity contribution in [1.29, 1.82) is 0 Å². The number of rotatable bonds is 5. The van der Waals surface area contributed by atoms with Crippen molar-refractivity contribution >= 4 is 22.0 Å². The van der Waals surface area contributed by atoms with Gasteiger partial charge in [0, 0.05) is 25.2 Å². The first-order valence-corrected chi connectivity index (χ1v) is 5.68. The Morgan fingerprint density at radius 3 is 2.71 bits per heavy atom. The van der Waals surface area contributed by atoms with Gasteiger partial charge in [-0.25, -0.2) is 13.6 Å². The maximum absolute atomic E-state index is 13.5. The number of nitrogens with one attached hydrogen (secondary N) is 2. The summed E-state index contributed by atoms with van der Waals surface area (Å²) in [7, 11) is 0. The first-order chi connectivity index (χ1) is 8.02. The number of nitrogens with two attached hydrogens (primary N) is 1. The van der Waals surface area contributed by atoms with Gasteiger partial charge in [0.05, 0.1) is 4.47 Å². The number of urea groups is 1. The normalized spacial score (nSPS) is 10.3. The molecule has 4 N–H and O–H groups in total. The quantitative estimate of drug-likeness (QED) is 0.570. The number of carbonyl (C=O) groups is 1. The molecule has 1 rings (SSSR count). The molecule has 0 aliphatic carbocycles. The smallest absolute Gasteiger partial charge is 0.312 e. The van der Waals surface area contributed by atoms with E-state index in [1.54, 1.807) is 0 Å². The van der Waals surface area contributed by atoms with Gasteiger partial charge in [-0.15, -0.1) is 0 Å². The fourth-order valence-electron chi connectivity index (χ4n) is 1.22. The Labute approximate surface area is 106 Å². The molecule has 0 aliphatic rings. The van der Waals surface area contributed by atoms with Crippen molar-refractivity contribution in [1.82, 2.24) is 10.6 Å². The van der Waals surface area contributed by atoms with E-state index in [2.05, 4.69) is 26.6 Å². The molecule has 17 heavy (non-hydrogen) atoms. The van der Waals surface area contributed by atoms with Crippen LogP contribution in [0.4, 0.5) is 13.6 Å². The summed E-state index contributed by atoms with van der Waals surface area (Å²) >= 11 is 2.98. The van der Waals surface area contributed by atoms with Gasteiger partial charge in [-0.1, -0.05) is 0 Å². The molecule has 0 atom stereocenters. The van der Waals surface area contributed by atoms with E-state index in [1.807, 2.05) is 0 Å². The lowest BCUT2D eigenvalue weighted by Crippen LogP contribution is -2.35. The predicted molar refractivity (Wildman–Crippen MR) is 63.4 cm³/mol. The summed E-state index contributed by atoms with van der Waals surface area (Å²) in [6, 6.07) is 1.86. The third kappa shape index (κ3) is 4.27. The van der Waals surface area contributed by atoms with Gasteiger partial charge >= 0.3 is 6.03 Å². The second kappa shape index (κ2) is 6.51. The van der Waals surface area contributed by atoms with Crippen LogP contribution in [0, 0.1) is 11.6 Å². The lowest BCUT2D eigenvalue weighted by atomic mass is 10.2. The van der Waals surface area contributed by atoms with Crippen LogP contribution in [0.3, 0.4) is 0 Å². The van der Waals surface area contributed by atoms with E-state index in [1.165, 1.54) is 12.1 Å². The summed E-state index contributed by atoms with van der Waals surface area (Å²) in [6.45, 7) is 0.707. The molecule has 0 saturated heterocycles. The summed E-state index contributed by atoms with van der Waals surface area (Å²) < 4.78 is 27.0. The molecule has 4 nitrogen and oxygen atoms in total. The van der Waals surface area contributed by atoms with Crippen molar-refractivity contribution in [3.05, 3.63) is 33.8 Å². The standard InChI is InChI=1S/C10H12BrF2N3O/c11-7-1-2-8(12)6(9(7)13)5-15-3-4-16-10(14)17/h1-2,15H,3-5H2,(H3,14,16,17). The molecule has 0 saturated carbocycles. The molecular weight excluding hydrogens is 296 g/mol. The Balaban J connectivity index is 2.46. The third-order valence-electron chi connectivity index (χ3n) is 2.04. The van der Waals surface area contributed by atoms with E-state index >= 15 is 0 Å². The molecule has 0 aliphatic heterocycles. The summed E-state index contributed by atoms with van der Waals surface area (Å²) in [5.41, 5.74) is 4.81. The summed E-state index contributed by atoms with van der Waals surface area (Å²) in [5, 5.41) is 5.15. The van der Waals surface area contributed by atoms with Crippen LogP contribution in [0.2, 0.25) is 0 Å². The molecule has 0 heterocycles. The summed E-state index contributed by atoms with van der Waals surface area (Å²) in [6.07, 6.45) is 0. The van der Waals surface area contributed by atoms with Crippen LogP contribution < -0.4 is 16.4 Å². The Morgan fingerprint density at radius 1 is 1.35 bits per heavy atom. The summed E-state index contributed by atoms with van der Waals surface area (Å²) in [4.78, 5) is 10.3. The number of carbonyl (C=O) groups excluding carboxylic acids is 1. The van der Waals surface area contributed by atoms with E-state index in [0.29, 0.717) is 13.1 Å². The van der Waals surface area contributed by atoms with Crippen molar-refractivity contribution in [2.45, 2.75) is 6.54 Å². The highest BCUT2D eigenvalue weighted by atomic mass is 79.9. The van der Waals surface area contributed by atoms with Gasteiger partial charge in [0.1, 0.15) is 11.6 Å². The lowest BCUT2D eigenvalue weighted by Gasteiger charge is -2.08. The van der Waals surface area contributed by atoms with Crippen molar-refractivity contribution < 1.29 is 13.6 Å². The second-order valence-corrected chi connectivity index (χ2v) is 4.14. The molecule has 0 radical (unpaired) electrons. The zero-order valence-corrected chi connectivity index (χ0v) is 10.5. The molecule has 0 spiro atoms. The fourth-order valence-corrected chi connectivity index (χ4v) is 1.59. The van der Waals surface area contributed by atoms with Crippen LogP contribution in [-0.2, 0) is 6.54 Å². The number of benzene rings is 1. The number of hydrogen-bond acceptors (Lipinski definition) is 2. The van der Waals surface area contributed by atoms with Crippen LogP contribution >= 0.6 is 15.9 Å². The van der Waals surface area contributed by atoms with Crippen LogP contribution in [0.1, 0.15) is 5.56 Å². The van der Waals surface area contributed by atoms with Crippen LogP contribution in [0.5, 0.6) is 0 Å². The number of amides is 2. The molecule has 1 aromatic carbocycles. The van der Waals surface area contributed by atoms with Crippen molar-refractivity contribution in [2.75, 3.05) is 13.1 Å². The Morgan fingerprint density at radius 2 is 2.06 bits per heavy atom. The molecule has 1 aromatic rings. The van der Waals surface area contributed by atoms with Gasteiger partial charge in [0.2, 0.25) is 0 Å². The number of halogens is 3. The van der Waals surface area contributed by atoms with Crippen molar-refractivity contribution in [2.24, 2.45) is 5.73 Å². The Bertz CT molecular complexity index is 415. The van der Waals surface area contributed by atoms with Gasteiger partial charge in [-0.2, -0.15) is 0 Å². The molecule has 2 amide bonds. The van der Waals surface area contributed by atoms with Crippen LogP contribution in [0.15, 0.2) is 16.6 Å². The predicted octanol–water partition coefficient (Wildman–Crippen LogP) is 1.49. The van der Waals surface area contributed by atoms with E-state index in [9.17, 15) is 13.6 Å². The zero-order valence-electron chi connectivity index (χ0n) is 8.90. The molecule has 0 bridgehead atoms. The van der Waals surface area contributed by atoms with E-state index < -0.39 is 17.7 Å². The fraction of sp³-hybridized carbons (Fsp3) is 0.300. The van der Waals surface area contributed by atoms with E-state index in [4.69, 9.17) is 5.73 Å². The minimum Gasteiger partial charge on any atom is -0.352 e. The topological polar surface area (TPSA) is 67.2 Å². The molecule has 0 unspecified atom stereocenters. The Hall–Kier alpha value is -1.21. The molecule has 94 valence electrons. The van der Waals surface area contributed by atoms with Gasteiger partial charge in [0.15, 0.2) is 0 Å². The minimum absolute atomic E-state index is 0.0392. The van der Waals surface area contributed by atoms with Gasteiger partial charge in [-0.05, 0) is 28.1 Å². The SMILES string of the molecule is NC(=O)NCCNCc1c(F)ccc(Br)c1F. The maximum atomic E-state index is 13.5. The molecular formula is C10H12BrF2N3O. The van der Waals surface area contributed by atoms with Crippen LogP contribution in [0.25, 0.3) is 0 Å². The van der Waals surface area contributed by atoms with Crippen molar-refractivity contribution in [3.63, 3.8) is 0 Å². The largest absolute Gasteiger partial charge is 0.352 e. The van der Waals surface area contributed by atoms with Gasteiger partial charge < -0.3 is 16.4 Å². The van der Waals surface area contributed by atoms with E-state index in [0.717, 1.165) is 0 Å². The minimum atomic E-state index is -0.633. The first kappa shape index (κ1) is 13.9. The van der Waals surface area contributed by atoms with Crippen molar-refractivity contribution in [3.8, 4) is 0 Å².